The molecule has 2 aliphatic heterocycles. The number of nitrogen functional groups attached to an aromatic ring is 1. The predicted octanol–water partition coefficient (Wildman–Crippen LogP) is 0.0416. The molecule has 1 amide bonds. The van der Waals surface area contributed by atoms with Crippen LogP contribution < -0.4 is 11.1 Å². The molecular weight excluding hydrogens is 208 g/mol. The van der Waals surface area contributed by atoms with E-state index < -0.39 is 0 Å². The van der Waals surface area contributed by atoms with Gasteiger partial charge in [0.25, 0.3) is 5.91 Å². The first-order chi connectivity index (χ1) is 7.74. The lowest BCUT2D eigenvalue weighted by molar-refractivity contribution is 0.0838. The number of carbonyl (C=O) groups is 1. The largest absolute Gasteiger partial charge is 0.396 e. The zero-order chi connectivity index (χ0) is 11.1. The molecule has 0 radical (unpaired) electrons. The van der Waals surface area contributed by atoms with Gasteiger partial charge in [-0.15, -0.1) is 0 Å². The summed E-state index contributed by atoms with van der Waals surface area (Å²) in [6, 6.07) is 0.119. The Morgan fingerprint density at radius 1 is 1.62 bits per heavy atom. The topological polar surface area (TPSA) is 93.0 Å². The summed E-state index contributed by atoms with van der Waals surface area (Å²) in [7, 11) is 0. The van der Waals surface area contributed by atoms with Crippen LogP contribution in [0.4, 0.5) is 5.69 Å². The molecule has 2 fully saturated rings. The van der Waals surface area contributed by atoms with Gasteiger partial charge in [-0.05, 0) is 19.3 Å². The molecular formula is C10H14N4O2. The highest BCUT2D eigenvalue weighted by Gasteiger charge is 2.41. The fraction of sp³-hybridized carbons (Fsp3) is 0.600. The van der Waals surface area contributed by atoms with Crippen molar-refractivity contribution in [3.05, 3.63) is 11.9 Å². The normalized spacial score (nSPS) is 31.9. The fourth-order valence-corrected chi connectivity index (χ4v) is 2.51. The van der Waals surface area contributed by atoms with E-state index in [4.69, 9.17) is 10.5 Å². The average Bonchev–Trinajstić information content (AvgIpc) is 2.92. The minimum atomic E-state index is -0.198. The minimum absolute atomic E-state index is 0.119. The second-order valence-electron chi connectivity index (χ2n) is 4.39. The van der Waals surface area contributed by atoms with Crippen LogP contribution in [0, 0.1) is 0 Å². The van der Waals surface area contributed by atoms with E-state index in [0.717, 1.165) is 19.3 Å². The molecule has 4 N–H and O–H groups in total. The molecule has 2 saturated heterocycles. The number of hydrogen-bond acceptors (Lipinski definition) is 4. The van der Waals surface area contributed by atoms with Gasteiger partial charge in [0.2, 0.25) is 0 Å². The lowest BCUT2D eigenvalue weighted by Gasteiger charge is -2.19. The van der Waals surface area contributed by atoms with Crippen molar-refractivity contribution >= 4 is 11.6 Å². The second-order valence-corrected chi connectivity index (χ2v) is 4.39. The van der Waals surface area contributed by atoms with Crippen LogP contribution >= 0.6 is 0 Å². The molecule has 1 aromatic rings. The number of hydrogen-bond donors (Lipinski definition) is 3. The van der Waals surface area contributed by atoms with Crippen LogP contribution in [-0.4, -0.2) is 34.4 Å². The van der Waals surface area contributed by atoms with Gasteiger partial charge in [-0.2, -0.15) is 5.10 Å². The van der Waals surface area contributed by atoms with Crippen molar-refractivity contribution in [2.45, 2.75) is 37.5 Å². The number of fused-ring (bicyclic) bond motifs is 2. The second kappa shape index (κ2) is 3.48. The van der Waals surface area contributed by atoms with Gasteiger partial charge in [0.05, 0.1) is 30.1 Å². The van der Waals surface area contributed by atoms with Crippen LogP contribution in [0.5, 0.6) is 0 Å². The monoisotopic (exact) mass is 222 g/mol. The maximum atomic E-state index is 11.8. The third-order valence-corrected chi connectivity index (χ3v) is 3.32. The summed E-state index contributed by atoms with van der Waals surface area (Å²) in [5.74, 6) is -0.198. The minimum Gasteiger partial charge on any atom is -0.396 e. The van der Waals surface area contributed by atoms with Gasteiger partial charge in [0, 0.05) is 0 Å². The Hall–Kier alpha value is -1.56. The third kappa shape index (κ3) is 1.46. The van der Waals surface area contributed by atoms with Crippen LogP contribution in [0.2, 0.25) is 0 Å². The van der Waals surface area contributed by atoms with Crippen LogP contribution in [0.3, 0.4) is 0 Å². The van der Waals surface area contributed by atoms with E-state index in [1.807, 2.05) is 0 Å². The van der Waals surface area contributed by atoms with Crippen LogP contribution in [-0.2, 0) is 4.74 Å². The molecule has 0 aromatic carbocycles. The van der Waals surface area contributed by atoms with Gasteiger partial charge >= 0.3 is 0 Å². The van der Waals surface area contributed by atoms with Crippen molar-refractivity contribution in [2.24, 2.45) is 0 Å². The van der Waals surface area contributed by atoms with Gasteiger partial charge in [-0.1, -0.05) is 0 Å². The number of ether oxygens (including phenoxy) is 1. The van der Waals surface area contributed by atoms with Crippen molar-refractivity contribution in [2.75, 3.05) is 5.73 Å². The number of aromatic amines is 1. The highest BCUT2D eigenvalue weighted by Crippen LogP contribution is 2.34. The molecule has 86 valence electrons. The average molecular weight is 222 g/mol. The summed E-state index contributed by atoms with van der Waals surface area (Å²) < 4.78 is 5.66. The van der Waals surface area contributed by atoms with Crippen LogP contribution in [0.25, 0.3) is 0 Å². The number of nitrogens with one attached hydrogen (secondary N) is 2. The Morgan fingerprint density at radius 3 is 3.06 bits per heavy atom. The Balaban J connectivity index is 1.67. The molecule has 6 heteroatoms. The third-order valence-electron chi connectivity index (χ3n) is 3.32. The SMILES string of the molecule is Nc1cn[nH]c1C(=O)NC1CC2CCC1O2. The van der Waals surface area contributed by atoms with Gasteiger partial charge in [0.1, 0.15) is 5.69 Å². The summed E-state index contributed by atoms with van der Waals surface area (Å²) in [6.07, 6.45) is 5.00. The van der Waals surface area contributed by atoms with E-state index in [1.165, 1.54) is 6.20 Å². The van der Waals surface area contributed by atoms with Crippen molar-refractivity contribution in [1.29, 1.82) is 0 Å². The predicted molar refractivity (Wildman–Crippen MR) is 56.8 cm³/mol. The van der Waals surface area contributed by atoms with Gasteiger partial charge < -0.3 is 15.8 Å². The zero-order valence-electron chi connectivity index (χ0n) is 8.77. The molecule has 16 heavy (non-hydrogen) atoms. The number of nitrogens with zero attached hydrogens (tertiary/aromatic N) is 1. The first kappa shape index (κ1) is 9.65. The summed E-state index contributed by atoms with van der Waals surface area (Å²) in [5.41, 5.74) is 6.32. The Labute approximate surface area is 92.5 Å². The van der Waals surface area contributed by atoms with Gasteiger partial charge in [-0.25, -0.2) is 0 Å². The Morgan fingerprint density at radius 2 is 2.50 bits per heavy atom. The Bertz CT molecular complexity index is 417. The highest BCUT2D eigenvalue weighted by molar-refractivity contribution is 5.97. The van der Waals surface area contributed by atoms with Gasteiger partial charge in [-0.3, -0.25) is 9.89 Å². The smallest absolute Gasteiger partial charge is 0.271 e. The molecule has 3 atom stereocenters. The van der Waals surface area contributed by atoms with E-state index in [0.29, 0.717) is 17.5 Å². The zero-order valence-corrected chi connectivity index (χ0v) is 8.77. The molecule has 2 bridgehead atoms. The van der Waals surface area contributed by atoms with Crippen LogP contribution in [0.1, 0.15) is 29.8 Å². The quantitative estimate of drug-likeness (QED) is 0.658. The maximum absolute atomic E-state index is 11.8. The molecule has 1 aromatic heterocycles. The Kier molecular flexibility index (Phi) is 2.10. The number of aromatic nitrogens is 2. The molecule has 3 unspecified atom stereocenters. The number of anilines is 1. The van der Waals surface area contributed by atoms with Crippen molar-refractivity contribution in [1.82, 2.24) is 15.5 Å². The number of nitrogens with two attached hydrogens (primary N) is 1. The summed E-state index contributed by atoms with van der Waals surface area (Å²) in [5, 5.41) is 9.26. The molecule has 6 nitrogen and oxygen atoms in total. The van der Waals surface area contributed by atoms with E-state index in [2.05, 4.69) is 15.5 Å². The highest BCUT2D eigenvalue weighted by atomic mass is 16.5. The fourth-order valence-electron chi connectivity index (χ4n) is 2.51. The van der Waals surface area contributed by atoms with E-state index in [-0.39, 0.29) is 18.1 Å². The molecule has 0 saturated carbocycles. The van der Waals surface area contributed by atoms with Crippen molar-refractivity contribution in [3.63, 3.8) is 0 Å². The molecule has 0 aliphatic carbocycles. The number of carbonyl (C=O) groups excluding carboxylic acids is 1. The van der Waals surface area contributed by atoms with E-state index >= 15 is 0 Å². The molecule has 0 spiro atoms. The standard InChI is InChI=1S/C10H14N4O2/c11-6-4-12-14-9(6)10(15)13-7-3-5-1-2-8(7)16-5/h4-5,7-8H,1-3,11H2,(H,12,14)(H,13,15). The van der Waals surface area contributed by atoms with Crippen molar-refractivity contribution < 1.29 is 9.53 Å². The molecule has 3 rings (SSSR count). The van der Waals surface area contributed by atoms with Crippen LogP contribution in [0.15, 0.2) is 6.20 Å². The number of H-pyrrole nitrogens is 1. The van der Waals surface area contributed by atoms with Gasteiger partial charge in [0.15, 0.2) is 0 Å². The molecule has 3 heterocycles. The lowest BCUT2D eigenvalue weighted by atomic mass is 9.95. The first-order valence-corrected chi connectivity index (χ1v) is 5.49. The first-order valence-electron chi connectivity index (χ1n) is 5.49. The van der Waals surface area contributed by atoms with E-state index in [9.17, 15) is 4.79 Å². The number of amides is 1. The lowest BCUT2D eigenvalue weighted by Crippen LogP contribution is -2.41. The maximum Gasteiger partial charge on any atom is 0.271 e. The molecule has 2 aliphatic rings. The summed E-state index contributed by atoms with van der Waals surface area (Å²) in [4.78, 5) is 11.8. The summed E-state index contributed by atoms with van der Waals surface area (Å²) in [6.45, 7) is 0. The summed E-state index contributed by atoms with van der Waals surface area (Å²) >= 11 is 0. The number of rotatable bonds is 2. The van der Waals surface area contributed by atoms with Crippen molar-refractivity contribution in [3.8, 4) is 0 Å². The van der Waals surface area contributed by atoms with E-state index in [1.54, 1.807) is 0 Å².